The quantitative estimate of drug-likeness (QED) is 0.494. The van der Waals surface area contributed by atoms with Crippen molar-refractivity contribution in [2.45, 2.75) is 12.0 Å². The van der Waals surface area contributed by atoms with Crippen molar-refractivity contribution in [3.05, 3.63) is 94.8 Å². The van der Waals surface area contributed by atoms with Crippen LogP contribution >= 0.6 is 11.6 Å². The molecule has 0 spiro atoms. The number of benzene rings is 2. The van der Waals surface area contributed by atoms with Crippen LogP contribution in [0, 0.1) is 0 Å². The van der Waals surface area contributed by atoms with E-state index >= 15 is 0 Å². The smallest absolute Gasteiger partial charge is 0.254 e. The van der Waals surface area contributed by atoms with Crippen LogP contribution in [0.5, 0.6) is 0 Å². The molecule has 0 saturated carbocycles. The average molecular weight is 445 g/mol. The summed E-state index contributed by atoms with van der Waals surface area (Å²) >= 11 is 5.94. The number of nitrogens with one attached hydrogen (secondary N) is 1. The van der Waals surface area contributed by atoms with Gasteiger partial charge in [0, 0.05) is 48.5 Å². The van der Waals surface area contributed by atoms with Crippen molar-refractivity contribution in [2.24, 2.45) is 7.05 Å². The van der Waals surface area contributed by atoms with Crippen LogP contribution in [0.25, 0.3) is 10.9 Å². The number of halogens is 1. The normalized spacial score (nSPS) is 18.0. The van der Waals surface area contributed by atoms with Gasteiger partial charge in [0.25, 0.3) is 5.91 Å². The summed E-state index contributed by atoms with van der Waals surface area (Å²) in [4.78, 5) is 32.8. The minimum atomic E-state index is -0.614. The van der Waals surface area contributed by atoms with E-state index < -0.39 is 12.0 Å². The lowest BCUT2D eigenvalue weighted by atomic mass is 9.79. The molecule has 1 N–H and O–H groups in total. The number of rotatable bonds is 3. The lowest BCUT2D eigenvalue weighted by molar-refractivity contribution is -0.119. The van der Waals surface area contributed by atoms with Crippen LogP contribution in [-0.2, 0) is 11.8 Å². The van der Waals surface area contributed by atoms with Gasteiger partial charge in [0.05, 0.1) is 17.0 Å². The standard InChI is InChI=1S/C25H21ClN4O2/c1-29-14-19(16-7-5-6-10-20(16)29)23-22(24(31)28-21-12-11-15(26)13-27-21)17-8-3-4-9-18(17)25(32)30(23)2/h3-14,22-23H,1-2H3,(H,27,28,31). The number of hydrogen-bond donors (Lipinski definition) is 1. The first-order chi connectivity index (χ1) is 15.5. The lowest BCUT2D eigenvalue weighted by Gasteiger charge is -2.39. The van der Waals surface area contributed by atoms with Crippen LogP contribution in [0.2, 0.25) is 5.02 Å². The van der Waals surface area contributed by atoms with Crippen molar-refractivity contribution in [1.82, 2.24) is 14.5 Å². The van der Waals surface area contributed by atoms with E-state index in [-0.39, 0.29) is 11.8 Å². The van der Waals surface area contributed by atoms with Gasteiger partial charge < -0.3 is 14.8 Å². The number of pyridine rings is 1. The van der Waals surface area contributed by atoms with Gasteiger partial charge in [0.15, 0.2) is 0 Å². The van der Waals surface area contributed by atoms with Gasteiger partial charge >= 0.3 is 0 Å². The first kappa shape index (κ1) is 20.3. The molecular weight excluding hydrogens is 424 g/mol. The van der Waals surface area contributed by atoms with E-state index in [1.165, 1.54) is 6.20 Å². The number of carbonyl (C=O) groups excluding carboxylic acids is 2. The zero-order valence-corrected chi connectivity index (χ0v) is 18.4. The molecule has 32 heavy (non-hydrogen) atoms. The van der Waals surface area contributed by atoms with E-state index in [2.05, 4.69) is 10.3 Å². The molecule has 4 aromatic rings. The fraction of sp³-hybridized carbons (Fsp3) is 0.160. The van der Waals surface area contributed by atoms with Crippen LogP contribution in [0.1, 0.15) is 33.4 Å². The van der Waals surface area contributed by atoms with E-state index in [1.807, 2.05) is 60.3 Å². The Kier molecular flexibility index (Phi) is 4.94. The molecule has 0 fully saturated rings. The van der Waals surface area contributed by atoms with E-state index in [1.54, 1.807) is 30.1 Å². The summed E-state index contributed by atoms with van der Waals surface area (Å²) in [5, 5.41) is 4.42. The molecule has 0 saturated heterocycles. The summed E-state index contributed by atoms with van der Waals surface area (Å²) in [6.45, 7) is 0. The molecule has 1 aliphatic rings. The topological polar surface area (TPSA) is 67.2 Å². The molecule has 5 rings (SSSR count). The second kappa shape index (κ2) is 7.80. The largest absolute Gasteiger partial charge is 0.350 e. The first-order valence-electron chi connectivity index (χ1n) is 10.3. The highest BCUT2D eigenvalue weighted by atomic mass is 35.5. The summed E-state index contributed by atoms with van der Waals surface area (Å²) in [6, 6.07) is 18.2. The fourth-order valence-electron chi connectivity index (χ4n) is 4.61. The molecule has 3 heterocycles. The molecule has 1 aliphatic heterocycles. The molecule has 2 aromatic carbocycles. The Labute approximate surface area is 190 Å². The minimum Gasteiger partial charge on any atom is -0.350 e. The average Bonchev–Trinajstić information content (AvgIpc) is 3.14. The molecule has 0 bridgehead atoms. The van der Waals surface area contributed by atoms with E-state index in [4.69, 9.17) is 11.6 Å². The van der Waals surface area contributed by atoms with Gasteiger partial charge in [-0.3, -0.25) is 9.59 Å². The number of aromatic nitrogens is 2. The van der Waals surface area contributed by atoms with Crippen molar-refractivity contribution in [3.8, 4) is 0 Å². The van der Waals surface area contributed by atoms with Gasteiger partial charge in [0.1, 0.15) is 5.82 Å². The lowest BCUT2D eigenvalue weighted by Crippen LogP contribution is -2.44. The van der Waals surface area contributed by atoms with E-state index in [0.717, 1.165) is 16.5 Å². The molecular formula is C25H21ClN4O2. The maximum Gasteiger partial charge on any atom is 0.254 e. The monoisotopic (exact) mass is 444 g/mol. The molecule has 6 nitrogen and oxygen atoms in total. The number of hydrogen-bond acceptors (Lipinski definition) is 3. The third-order valence-electron chi connectivity index (χ3n) is 6.09. The predicted molar refractivity (Wildman–Crippen MR) is 125 cm³/mol. The second-order valence-corrected chi connectivity index (χ2v) is 8.43. The zero-order chi connectivity index (χ0) is 22.4. The second-order valence-electron chi connectivity index (χ2n) is 7.99. The molecule has 0 aliphatic carbocycles. The highest BCUT2D eigenvalue weighted by Gasteiger charge is 2.43. The predicted octanol–water partition coefficient (Wildman–Crippen LogP) is 4.78. The molecule has 7 heteroatoms. The van der Waals surface area contributed by atoms with Crippen molar-refractivity contribution >= 4 is 40.1 Å². The van der Waals surface area contributed by atoms with Gasteiger partial charge in [-0.2, -0.15) is 0 Å². The Morgan fingerprint density at radius 1 is 1.00 bits per heavy atom. The van der Waals surface area contributed by atoms with E-state index in [0.29, 0.717) is 22.0 Å². The van der Waals surface area contributed by atoms with Crippen molar-refractivity contribution in [1.29, 1.82) is 0 Å². The number of nitrogens with zero attached hydrogens (tertiary/aromatic N) is 3. The Morgan fingerprint density at radius 2 is 1.75 bits per heavy atom. The highest BCUT2D eigenvalue weighted by molar-refractivity contribution is 6.30. The van der Waals surface area contributed by atoms with Crippen LogP contribution in [0.4, 0.5) is 5.82 Å². The molecule has 0 radical (unpaired) electrons. The molecule has 2 amide bonds. The summed E-state index contributed by atoms with van der Waals surface area (Å²) in [5.41, 5.74) is 3.22. The zero-order valence-electron chi connectivity index (χ0n) is 17.6. The third kappa shape index (κ3) is 3.24. The Balaban J connectivity index is 1.67. The number of fused-ring (bicyclic) bond motifs is 2. The Bertz CT molecular complexity index is 1350. The summed E-state index contributed by atoms with van der Waals surface area (Å²) in [5.74, 6) is -0.540. The third-order valence-corrected chi connectivity index (χ3v) is 6.31. The van der Waals surface area contributed by atoms with Gasteiger partial charge in [-0.1, -0.05) is 48.0 Å². The highest BCUT2D eigenvalue weighted by Crippen LogP contribution is 2.44. The minimum absolute atomic E-state index is 0.104. The fourth-order valence-corrected chi connectivity index (χ4v) is 4.72. The number of para-hydroxylation sites is 1. The van der Waals surface area contributed by atoms with Crippen LogP contribution in [-0.4, -0.2) is 33.3 Å². The first-order valence-corrected chi connectivity index (χ1v) is 10.7. The van der Waals surface area contributed by atoms with Crippen LogP contribution in [0.15, 0.2) is 73.1 Å². The maximum absolute atomic E-state index is 13.7. The summed E-state index contributed by atoms with van der Waals surface area (Å²) in [6.07, 6.45) is 3.50. The summed E-state index contributed by atoms with van der Waals surface area (Å²) < 4.78 is 2.03. The van der Waals surface area contributed by atoms with Crippen molar-refractivity contribution in [3.63, 3.8) is 0 Å². The number of carbonyl (C=O) groups is 2. The van der Waals surface area contributed by atoms with Crippen molar-refractivity contribution in [2.75, 3.05) is 12.4 Å². The van der Waals surface area contributed by atoms with Crippen LogP contribution < -0.4 is 5.32 Å². The Hall–Kier alpha value is -3.64. The van der Waals surface area contributed by atoms with E-state index in [9.17, 15) is 9.59 Å². The van der Waals surface area contributed by atoms with Gasteiger partial charge in [-0.25, -0.2) is 4.98 Å². The van der Waals surface area contributed by atoms with Crippen LogP contribution in [0.3, 0.4) is 0 Å². The SMILES string of the molecule is CN1C(=O)c2ccccc2C(C(=O)Nc2ccc(Cl)cn2)C1c1cn(C)c2ccccc12. The molecule has 2 unspecified atom stereocenters. The van der Waals surface area contributed by atoms with Gasteiger partial charge in [0.2, 0.25) is 5.91 Å². The number of aryl methyl sites for hydroxylation is 1. The number of amides is 2. The van der Waals surface area contributed by atoms with Crippen molar-refractivity contribution < 1.29 is 9.59 Å². The Morgan fingerprint density at radius 3 is 2.53 bits per heavy atom. The van der Waals surface area contributed by atoms with Gasteiger partial charge in [-0.05, 0) is 29.8 Å². The number of anilines is 1. The molecule has 2 atom stereocenters. The van der Waals surface area contributed by atoms with Gasteiger partial charge in [-0.15, -0.1) is 0 Å². The molecule has 2 aromatic heterocycles. The summed E-state index contributed by atoms with van der Waals surface area (Å²) in [7, 11) is 3.72. The molecule has 160 valence electrons. The number of likely N-dealkylation sites (N-methyl/N-ethyl adjacent to an activating group) is 1. The maximum atomic E-state index is 13.7.